The second-order valence-corrected chi connectivity index (χ2v) is 4.00. The Morgan fingerprint density at radius 1 is 1.53 bits per heavy atom. The number of nitrogens with two attached hydrogens (primary N) is 1. The molecule has 0 spiro atoms. The van der Waals surface area contributed by atoms with Crippen LogP contribution in [0, 0.1) is 10.1 Å². The SMILES string of the molecule is NC(Cc1ccc([N+](=O)[O-])s1)C(F)(F)F. The highest BCUT2D eigenvalue weighted by Gasteiger charge is 2.36. The summed E-state index contributed by atoms with van der Waals surface area (Å²) < 4.78 is 36.1. The average molecular weight is 240 g/mol. The quantitative estimate of drug-likeness (QED) is 0.649. The van der Waals surface area contributed by atoms with Crippen LogP contribution < -0.4 is 5.73 Å². The number of alkyl halides is 3. The van der Waals surface area contributed by atoms with Crippen LogP contribution in [0.4, 0.5) is 18.2 Å². The van der Waals surface area contributed by atoms with Crippen molar-refractivity contribution in [1.29, 1.82) is 0 Å². The first-order valence-corrected chi connectivity index (χ1v) is 4.67. The number of nitrogens with zero attached hydrogens (tertiary/aromatic N) is 1. The zero-order valence-electron chi connectivity index (χ0n) is 7.32. The molecule has 4 nitrogen and oxygen atoms in total. The van der Waals surface area contributed by atoms with E-state index >= 15 is 0 Å². The van der Waals surface area contributed by atoms with Gasteiger partial charge in [-0.15, -0.1) is 0 Å². The summed E-state index contributed by atoms with van der Waals surface area (Å²) in [6.45, 7) is 0. The van der Waals surface area contributed by atoms with Gasteiger partial charge in [0.2, 0.25) is 0 Å². The molecule has 1 heterocycles. The van der Waals surface area contributed by atoms with Crippen molar-refractivity contribution in [3.63, 3.8) is 0 Å². The molecule has 0 saturated carbocycles. The maximum absolute atomic E-state index is 12.0. The van der Waals surface area contributed by atoms with E-state index in [-0.39, 0.29) is 9.88 Å². The van der Waals surface area contributed by atoms with Gasteiger partial charge in [0.15, 0.2) is 0 Å². The van der Waals surface area contributed by atoms with Gasteiger partial charge in [-0.1, -0.05) is 11.3 Å². The lowest BCUT2D eigenvalue weighted by Gasteiger charge is -2.13. The fourth-order valence-electron chi connectivity index (χ4n) is 0.907. The lowest BCUT2D eigenvalue weighted by molar-refractivity contribution is -0.380. The van der Waals surface area contributed by atoms with Gasteiger partial charge in [0.05, 0.1) is 4.92 Å². The summed E-state index contributed by atoms with van der Waals surface area (Å²) in [5, 5.41) is 10.1. The van der Waals surface area contributed by atoms with Crippen LogP contribution in [0.2, 0.25) is 0 Å². The molecule has 0 amide bonds. The van der Waals surface area contributed by atoms with E-state index in [4.69, 9.17) is 5.73 Å². The molecule has 84 valence electrons. The van der Waals surface area contributed by atoms with Gasteiger partial charge < -0.3 is 5.73 Å². The van der Waals surface area contributed by atoms with E-state index in [0.717, 1.165) is 0 Å². The van der Waals surface area contributed by atoms with Crippen LogP contribution in [0.15, 0.2) is 12.1 Å². The predicted octanol–water partition coefficient (Wildman–Crippen LogP) is 2.09. The lowest BCUT2D eigenvalue weighted by atomic mass is 10.2. The van der Waals surface area contributed by atoms with Gasteiger partial charge in [-0.3, -0.25) is 10.1 Å². The highest BCUT2D eigenvalue weighted by Crippen LogP contribution is 2.28. The highest BCUT2D eigenvalue weighted by molar-refractivity contribution is 7.15. The van der Waals surface area contributed by atoms with Crippen molar-refractivity contribution in [2.75, 3.05) is 0 Å². The van der Waals surface area contributed by atoms with Crippen molar-refractivity contribution in [3.05, 3.63) is 27.1 Å². The molecule has 1 aromatic heterocycles. The zero-order valence-corrected chi connectivity index (χ0v) is 8.14. The third-order valence-corrected chi connectivity index (χ3v) is 2.73. The first kappa shape index (κ1) is 11.9. The van der Waals surface area contributed by atoms with Gasteiger partial charge in [-0.2, -0.15) is 13.2 Å². The third-order valence-electron chi connectivity index (χ3n) is 1.67. The van der Waals surface area contributed by atoms with E-state index in [9.17, 15) is 23.3 Å². The smallest absolute Gasteiger partial charge is 0.320 e. The van der Waals surface area contributed by atoms with Crippen molar-refractivity contribution in [2.45, 2.75) is 18.6 Å². The molecule has 0 fully saturated rings. The molecule has 0 radical (unpaired) electrons. The number of thiophene rings is 1. The summed E-state index contributed by atoms with van der Waals surface area (Å²) >= 11 is 0.706. The summed E-state index contributed by atoms with van der Waals surface area (Å²) in [4.78, 5) is 9.87. The number of nitro groups is 1. The number of hydrogen-bond donors (Lipinski definition) is 1. The molecular formula is C7H7F3N2O2S. The maximum Gasteiger partial charge on any atom is 0.403 e. The van der Waals surface area contributed by atoms with E-state index in [1.54, 1.807) is 0 Å². The topological polar surface area (TPSA) is 69.2 Å². The van der Waals surface area contributed by atoms with Crippen LogP contribution in [-0.4, -0.2) is 17.1 Å². The van der Waals surface area contributed by atoms with Crippen molar-refractivity contribution in [1.82, 2.24) is 0 Å². The first-order valence-electron chi connectivity index (χ1n) is 3.86. The Morgan fingerprint density at radius 3 is 2.53 bits per heavy atom. The Hall–Kier alpha value is -1.15. The lowest BCUT2D eigenvalue weighted by Crippen LogP contribution is -2.38. The Morgan fingerprint density at radius 2 is 2.13 bits per heavy atom. The second kappa shape index (κ2) is 4.15. The summed E-state index contributed by atoms with van der Waals surface area (Å²) in [5.74, 6) is 0. The van der Waals surface area contributed by atoms with Crippen molar-refractivity contribution in [2.24, 2.45) is 5.73 Å². The van der Waals surface area contributed by atoms with Gasteiger partial charge >= 0.3 is 11.2 Å². The molecule has 1 aromatic rings. The summed E-state index contributed by atoms with van der Waals surface area (Å²) in [5.41, 5.74) is 4.88. The molecule has 1 atom stereocenters. The van der Waals surface area contributed by atoms with Crippen LogP contribution in [0.3, 0.4) is 0 Å². The minimum atomic E-state index is -4.47. The van der Waals surface area contributed by atoms with Crippen LogP contribution in [0.25, 0.3) is 0 Å². The molecule has 0 bridgehead atoms. The molecule has 15 heavy (non-hydrogen) atoms. The number of halogens is 3. The molecule has 0 aromatic carbocycles. The third kappa shape index (κ3) is 3.17. The Kier molecular flexibility index (Phi) is 3.30. The Balaban J connectivity index is 2.69. The molecule has 0 aliphatic carbocycles. The van der Waals surface area contributed by atoms with E-state index in [2.05, 4.69) is 0 Å². The number of hydrogen-bond acceptors (Lipinski definition) is 4. The minimum Gasteiger partial charge on any atom is -0.320 e. The van der Waals surface area contributed by atoms with Crippen LogP contribution in [0.5, 0.6) is 0 Å². The van der Waals surface area contributed by atoms with E-state index in [0.29, 0.717) is 11.3 Å². The Labute approximate surface area is 86.7 Å². The fraction of sp³-hybridized carbons (Fsp3) is 0.429. The molecule has 1 unspecified atom stereocenters. The van der Waals surface area contributed by atoms with E-state index < -0.39 is 23.6 Å². The summed E-state index contributed by atoms with van der Waals surface area (Å²) in [7, 11) is 0. The largest absolute Gasteiger partial charge is 0.403 e. The monoisotopic (exact) mass is 240 g/mol. The van der Waals surface area contributed by atoms with Crippen LogP contribution in [-0.2, 0) is 6.42 Å². The number of rotatable bonds is 3. The van der Waals surface area contributed by atoms with Crippen molar-refractivity contribution < 1.29 is 18.1 Å². The predicted molar refractivity (Wildman–Crippen MR) is 48.7 cm³/mol. The average Bonchev–Trinajstić information content (AvgIpc) is 2.50. The molecule has 2 N–H and O–H groups in total. The molecule has 0 aliphatic heterocycles. The second-order valence-electron chi connectivity index (χ2n) is 2.85. The molecule has 1 rings (SSSR count). The van der Waals surface area contributed by atoms with E-state index in [1.165, 1.54) is 12.1 Å². The van der Waals surface area contributed by atoms with Crippen molar-refractivity contribution in [3.8, 4) is 0 Å². The molecule has 0 aliphatic rings. The van der Waals surface area contributed by atoms with Crippen LogP contribution >= 0.6 is 11.3 Å². The standard InChI is InChI=1S/C7H7F3N2O2S/c8-7(9,10)5(11)3-4-1-2-6(15-4)12(13)14/h1-2,5H,3,11H2. The Bertz CT molecular complexity index is 363. The molecule has 0 saturated heterocycles. The van der Waals surface area contributed by atoms with Gasteiger partial charge in [0.1, 0.15) is 6.04 Å². The minimum absolute atomic E-state index is 0.181. The molecule has 8 heteroatoms. The van der Waals surface area contributed by atoms with Gasteiger partial charge in [-0.25, -0.2) is 0 Å². The zero-order chi connectivity index (χ0) is 11.6. The van der Waals surface area contributed by atoms with E-state index in [1.807, 2.05) is 0 Å². The fourth-order valence-corrected chi connectivity index (χ4v) is 1.79. The summed E-state index contributed by atoms with van der Waals surface area (Å²) in [6.07, 6.45) is -4.90. The normalized spacial score (nSPS) is 13.9. The van der Waals surface area contributed by atoms with Crippen LogP contribution in [0.1, 0.15) is 4.88 Å². The van der Waals surface area contributed by atoms with Crippen molar-refractivity contribution >= 4 is 16.3 Å². The highest BCUT2D eigenvalue weighted by atomic mass is 32.1. The summed E-state index contributed by atoms with van der Waals surface area (Å²) in [6, 6.07) is 0.480. The molecular weight excluding hydrogens is 233 g/mol. The van der Waals surface area contributed by atoms with Gasteiger partial charge in [-0.05, 0) is 6.07 Å². The maximum atomic E-state index is 12.0. The van der Waals surface area contributed by atoms with Gasteiger partial charge in [0, 0.05) is 17.4 Å². The first-order chi connectivity index (χ1) is 6.80. The van der Waals surface area contributed by atoms with Gasteiger partial charge in [0.25, 0.3) is 0 Å².